The second-order valence-electron chi connectivity index (χ2n) is 7.33. The normalized spacial score (nSPS) is 12.0. The molecule has 1 atom stereocenters. The minimum absolute atomic E-state index is 0.0438. The molecule has 0 aliphatic rings. The number of anilines is 2. The van der Waals surface area contributed by atoms with Crippen molar-refractivity contribution in [2.24, 2.45) is 0 Å². The van der Waals surface area contributed by atoms with Crippen LogP contribution < -0.4 is 5.32 Å². The average molecular weight is 457 g/mol. The highest BCUT2D eigenvalue weighted by Crippen LogP contribution is 2.41. The molecule has 3 aromatic carbocycles. The maximum Gasteiger partial charge on any atom is 0.210 e. The highest BCUT2D eigenvalue weighted by molar-refractivity contribution is 8.02. The van der Waals surface area contributed by atoms with E-state index in [9.17, 15) is 4.79 Å². The Bertz CT molecular complexity index is 1380. The van der Waals surface area contributed by atoms with E-state index in [4.69, 9.17) is 0 Å². The lowest BCUT2D eigenvalue weighted by molar-refractivity contribution is 0.0991. The summed E-state index contributed by atoms with van der Waals surface area (Å²) >= 11 is 2.88. The smallest absolute Gasteiger partial charge is 0.210 e. The largest absolute Gasteiger partial charge is 0.360 e. The number of hydrogen-bond acceptors (Lipinski definition) is 6. The van der Waals surface area contributed by atoms with Crippen LogP contribution >= 0.6 is 23.1 Å². The number of hydrogen-bond donors (Lipinski definition) is 2. The number of carbonyl (C=O) groups excluding carboxylic acids is 1. The summed E-state index contributed by atoms with van der Waals surface area (Å²) in [6, 6.07) is 25.7. The van der Waals surface area contributed by atoms with Crippen molar-refractivity contribution in [3.63, 3.8) is 0 Å². The SMILES string of the molecule is Cc1ccccc1Nc1nnc(SC(C(=O)c2c[nH]c3ccccc23)c2ccccc2)s1. The zero-order valence-electron chi connectivity index (χ0n) is 17.3. The summed E-state index contributed by atoms with van der Waals surface area (Å²) in [7, 11) is 0. The number of aryl methyl sites for hydroxylation is 1. The Balaban J connectivity index is 1.44. The lowest BCUT2D eigenvalue weighted by Crippen LogP contribution is -2.09. The molecule has 5 nitrogen and oxygen atoms in total. The molecule has 0 saturated heterocycles. The Morgan fingerprint density at radius 3 is 2.56 bits per heavy atom. The standard InChI is InChI=1S/C25H20N4OS2/c1-16-9-5-7-13-20(16)27-24-28-29-25(32-24)31-23(17-10-3-2-4-11-17)22(30)19-15-26-21-14-8-6-12-18(19)21/h2-15,23,26H,1H3,(H,27,28). The molecule has 7 heteroatoms. The Morgan fingerprint density at radius 2 is 1.72 bits per heavy atom. The molecule has 2 aromatic heterocycles. The zero-order valence-corrected chi connectivity index (χ0v) is 18.9. The number of aromatic nitrogens is 3. The van der Waals surface area contributed by atoms with Crippen LogP contribution in [0.1, 0.15) is 26.7 Å². The Hall–Kier alpha value is -3.42. The summed E-state index contributed by atoms with van der Waals surface area (Å²) in [6.07, 6.45) is 1.80. The van der Waals surface area contributed by atoms with Crippen molar-refractivity contribution in [2.45, 2.75) is 16.5 Å². The minimum atomic E-state index is -0.422. The molecule has 1 unspecified atom stereocenters. The number of Topliss-reactive ketones (excluding diaryl/α,β-unsaturated/α-hetero) is 1. The lowest BCUT2D eigenvalue weighted by atomic mass is 10.0. The minimum Gasteiger partial charge on any atom is -0.360 e. The number of H-pyrrole nitrogens is 1. The van der Waals surface area contributed by atoms with Crippen molar-refractivity contribution >= 4 is 50.6 Å². The monoisotopic (exact) mass is 456 g/mol. The third-order valence-electron chi connectivity index (χ3n) is 5.21. The van der Waals surface area contributed by atoms with Gasteiger partial charge >= 0.3 is 0 Å². The molecule has 2 heterocycles. The predicted octanol–water partition coefficient (Wildman–Crippen LogP) is 6.79. The van der Waals surface area contributed by atoms with Gasteiger partial charge in [0.25, 0.3) is 0 Å². The van der Waals surface area contributed by atoms with Crippen molar-refractivity contribution in [1.82, 2.24) is 15.2 Å². The van der Waals surface area contributed by atoms with Gasteiger partial charge in [-0.2, -0.15) is 0 Å². The predicted molar refractivity (Wildman–Crippen MR) is 132 cm³/mol. The number of thioether (sulfide) groups is 1. The maximum absolute atomic E-state index is 13.7. The molecule has 158 valence electrons. The first-order valence-electron chi connectivity index (χ1n) is 10.2. The third-order valence-corrected chi connectivity index (χ3v) is 7.38. The van der Waals surface area contributed by atoms with Gasteiger partial charge < -0.3 is 10.3 Å². The molecule has 0 radical (unpaired) electrons. The molecular weight excluding hydrogens is 436 g/mol. The van der Waals surface area contributed by atoms with Gasteiger partial charge in [-0.15, -0.1) is 10.2 Å². The number of carbonyl (C=O) groups is 1. The van der Waals surface area contributed by atoms with Crippen molar-refractivity contribution < 1.29 is 4.79 Å². The zero-order chi connectivity index (χ0) is 21.9. The molecule has 0 bridgehead atoms. The van der Waals surface area contributed by atoms with E-state index in [1.807, 2.05) is 85.8 Å². The molecule has 2 N–H and O–H groups in total. The Morgan fingerprint density at radius 1 is 0.969 bits per heavy atom. The van der Waals surface area contributed by atoms with Crippen LogP contribution in [0.15, 0.2) is 89.4 Å². The van der Waals surface area contributed by atoms with Gasteiger partial charge in [-0.25, -0.2) is 0 Å². The first-order chi connectivity index (χ1) is 15.7. The summed E-state index contributed by atoms with van der Waals surface area (Å²) in [6.45, 7) is 2.05. The van der Waals surface area contributed by atoms with Crippen molar-refractivity contribution in [1.29, 1.82) is 0 Å². The number of aromatic amines is 1. The first-order valence-corrected chi connectivity index (χ1v) is 11.9. The van der Waals surface area contributed by atoms with Crippen LogP contribution in [-0.4, -0.2) is 21.0 Å². The number of rotatable bonds is 7. The summed E-state index contributed by atoms with van der Waals surface area (Å²) in [5, 5.41) is 13.2. The molecular formula is C25H20N4OS2. The molecule has 32 heavy (non-hydrogen) atoms. The summed E-state index contributed by atoms with van der Waals surface area (Å²) in [4.78, 5) is 16.9. The molecule has 0 amide bonds. The van der Waals surface area contributed by atoms with Gasteiger partial charge in [0.05, 0.1) is 0 Å². The van der Waals surface area contributed by atoms with E-state index in [1.54, 1.807) is 6.20 Å². The van der Waals surface area contributed by atoms with E-state index in [1.165, 1.54) is 23.1 Å². The topological polar surface area (TPSA) is 70.7 Å². The second kappa shape index (κ2) is 8.98. The second-order valence-corrected chi connectivity index (χ2v) is 9.66. The van der Waals surface area contributed by atoms with Gasteiger partial charge in [0.1, 0.15) is 5.25 Å². The van der Waals surface area contributed by atoms with Crippen LogP contribution in [0.3, 0.4) is 0 Å². The van der Waals surface area contributed by atoms with E-state index in [0.29, 0.717) is 10.7 Å². The average Bonchev–Trinajstić information content (AvgIpc) is 3.46. The van der Waals surface area contributed by atoms with E-state index < -0.39 is 5.25 Å². The number of ketones is 1. The van der Waals surface area contributed by atoms with Crippen LogP contribution in [0, 0.1) is 6.92 Å². The highest BCUT2D eigenvalue weighted by atomic mass is 32.2. The van der Waals surface area contributed by atoms with Gasteiger partial charge in [-0.05, 0) is 30.2 Å². The molecule has 0 saturated carbocycles. The Labute approximate surface area is 193 Å². The van der Waals surface area contributed by atoms with Crippen LogP contribution in [0.2, 0.25) is 0 Å². The van der Waals surface area contributed by atoms with E-state index >= 15 is 0 Å². The third kappa shape index (κ3) is 4.17. The fourth-order valence-electron chi connectivity index (χ4n) is 3.55. The number of nitrogens with zero attached hydrogens (tertiary/aromatic N) is 2. The van der Waals surface area contributed by atoms with Crippen LogP contribution in [0.4, 0.5) is 10.8 Å². The summed E-state index contributed by atoms with van der Waals surface area (Å²) in [5.41, 5.74) is 4.71. The van der Waals surface area contributed by atoms with Crippen molar-refractivity contribution in [3.05, 3.63) is 102 Å². The van der Waals surface area contributed by atoms with E-state index in [0.717, 1.165) is 32.1 Å². The van der Waals surface area contributed by atoms with Crippen LogP contribution in [0.5, 0.6) is 0 Å². The number of nitrogens with one attached hydrogen (secondary N) is 2. The van der Waals surface area contributed by atoms with Crippen molar-refractivity contribution in [3.8, 4) is 0 Å². The lowest BCUT2D eigenvalue weighted by Gasteiger charge is -2.14. The number of para-hydroxylation sites is 2. The number of benzene rings is 3. The van der Waals surface area contributed by atoms with E-state index in [2.05, 4.69) is 20.5 Å². The number of fused-ring (bicyclic) bond motifs is 1. The van der Waals surface area contributed by atoms with E-state index in [-0.39, 0.29) is 5.78 Å². The van der Waals surface area contributed by atoms with Crippen molar-refractivity contribution in [2.75, 3.05) is 5.32 Å². The fourth-order valence-corrected chi connectivity index (χ4v) is 5.58. The highest BCUT2D eigenvalue weighted by Gasteiger charge is 2.27. The molecule has 0 aliphatic carbocycles. The quantitative estimate of drug-likeness (QED) is 0.208. The first kappa shape index (κ1) is 20.5. The summed E-state index contributed by atoms with van der Waals surface area (Å²) < 4.78 is 0.739. The molecule has 0 fully saturated rings. The molecule has 0 aliphatic heterocycles. The van der Waals surface area contributed by atoms with Gasteiger partial charge in [0, 0.05) is 28.4 Å². The molecule has 5 rings (SSSR count). The fraction of sp³-hybridized carbons (Fsp3) is 0.0800. The van der Waals surface area contributed by atoms with Crippen LogP contribution in [0.25, 0.3) is 10.9 Å². The van der Waals surface area contributed by atoms with Gasteiger partial charge in [-0.1, -0.05) is 89.8 Å². The molecule has 0 spiro atoms. The van der Waals surface area contributed by atoms with Gasteiger partial charge in [-0.3, -0.25) is 4.79 Å². The molecule has 5 aromatic rings. The van der Waals surface area contributed by atoms with Gasteiger partial charge in [0.2, 0.25) is 5.13 Å². The van der Waals surface area contributed by atoms with Crippen LogP contribution in [-0.2, 0) is 0 Å². The maximum atomic E-state index is 13.7. The Kier molecular flexibility index (Phi) is 5.75. The van der Waals surface area contributed by atoms with Gasteiger partial charge in [0.15, 0.2) is 10.1 Å². The summed E-state index contributed by atoms with van der Waals surface area (Å²) in [5.74, 6) is 0.0438.